The van der Waals surface area contributed by atoms with Crippen LogP contribution in [0.5, 0.6) is 0 Å². The molecule has 0 fully saturated rings. The molecule has 0 aliphatic heterocycles. The fraction of sp³-hybridized carbons (Fsp3) is 0.154. The molecule has 1 N–H and O–H groups in total. The average molecular weight is 311 g/mol. The molecule has 5 nitrogen and oxygen atoms in total. The van der Waals surface area contributed by atoms with Gasteiger partial charge >= 0.3 is 0 Å². The van der Waals surface area contributed by atoms with E-state index in [1.165, 1.54) is 18.2 Å². The number of hydrogen-bond donors (Lipinski definition) is 1. The van der Waals surface area contributed by atoms with Gasteiger partial charge in [0.2, 0.25) is 0 Å². The predicted octanol–water partition coefficient (Wildman–Crippen LogP) is 3.80. The lowest BCUT2D eigenvalue weighted by molar-refractivity contribution is -0.384. The number of amides is 1. The Morgan fingerprint density at radius 1 is 1.45 bits per heavy atom. The molecule has 104 valence electrons. The third-order valence-corrected chi connectivity index (χ3v) is 4.09. The molecule has 2 aromatic rings. The molecule has 0 spiro atoms. The number of nitro benzene ring substituents is 1. The fourth-order valence-corrected chi connectivity index (χ4v) is 2.68. The minimum absolute atomic E-state index is 0.0649. The number of nitrogens with zero attached hydrogens (tertiary/aromatic N) is 1. The summed E-state index contributed by atoms with van der Waals surface area (Å²) in [7, 11) is 0. The standard InChI is InChI=1S/C13H11ClN2O3S/c1-8(12-3-2-6-20-12)15-13(17)10-5-4-9(16(18)19)7-11(10)14/h2-8H,1H3,(H,15,17). The quantitative estimate of drug-likeness (QED) is 0.689. The van der Waals surface area contributed by atoms with E-state index in [4.69, 9.17) is 11.6 Å². The molecule has 0 saturated carbocycles. The van der Waals surface area contributed by atoms with Gasteiger partial charge in [-0.1, -0.05) is 17.7 Å². The van der Waals surface area contributed by atoms with Crippen LogP contribution in [-0.4, -0.2) is 10.8 Å². The Morgan fingerprint density at radius 2 is 2.20 bits per heavy atom. The first kappa shape index (κ1) is 14.5. The van der Waals surface area contributed by atoms with Gasteiger partial charge in [0, 0.05) is 17.0 Å². The monoisotopic (exact) mass is 310 g/mol. The van der Waals surface area contributed by atoms with Crippen LogP contribution in [0.4, 0.5) is 5.69 Å². The molecule has 0 saturated heterocycles. The summed E-state index contributed by atoms with van der Waals surface area (Å²) >= 11 is 7.46. The zero-order chi connectivity index (χ0) is 14.7. The third-order valence-electron chi connectivity index (χ3n) is 2.73. The van der Waals surface area contributed by atoms with Crippen molar-refractivity contribution in [3.8, 4) is 0 Å². The first-order valence-corrected chi connectivity index (χ1v) is 7.03. The van der Waals surface area contributed by atoms with Crippen molar-refractivity contribution in [1.29, 1.82) is 0 Å². The molecule has 0 bridgehead atoms. The zero-order valence-corrected chi connectivity index (χ0v) is 12.1. The van der Waals surface area contributed by atoms with Gasteiger partial charge in [-0.3, -0.25) is 14.9 Å². The molecule has 1 unspecified atom stereocenters. The number of benzene rings is 1. The van der Waals surface area contributed by atoms with Crippen molar-refractivity contribution in [2.75, 3.05) is 0 Å². The summed E-state index contributed by atoms with van der Waals surface area (Å²) in [4.78, 5) is 23.2. The number of carbonyl (C=O) groups is 1. The normalized spacial score (nSPS) is 11.9. The van der Waals surface area contributed by atoms with Crippen LogP contribution in [0.2, 0.25) is 5.02 Å². The lowest BCUT2D eigenvalue weighted by atomic mass is 10.1. The van der Waals surface area contributed by atoms with E-state index in [9.17, 15) is 14.9 Å². The molecular formula is C13H11ClN2O3S. The molecule has 0 aliphatic rings. The first-order valence-electron chi connectivity index (χ1n) is 5.77. The Bertz CT molecular complexity index is 643. The number of non-ortho nitro benzene ring substituents is 1. The van der Waals surface area contributed by atoms with Gasteiger partial charge in [-0.05, 0) is 24.4 Å². The van der Waals surface area contributed by atoms with Gasteiger partial charge in [0.05, 0.1) is 21.6 Å². The van der Waals surface area contributed by atoms with Crippen molar-refractivity contribution >= 4 is 34.5 Å². The molecule has 1 heterocycles. The summed E-state index contributed by atoms with van der Waals surface area (Å²) in [5, 5.41) is 15.4. The number of rotatable bonds is 4. The van der Waals surface area contributed by atoms with Crippen LogP contribution in [0.15, 0.2) is 35.7 Å². The second kappa shape index (κ2) is 6.02. The first-order chi connectivity index (χ1) is 9.49. The SMILES string of the molecule is CC(NC(=O)c1ccc([N+](=O)[O-])cc1Cl)c1cccs1. The van der Waals surface area contributed by atoms with E-state index >= 15 is 0 Å². The maximum atomic E-state index is 12.1. The van der Waals surface area contributed by atoms with Crippen molar-refractivity contribution in [2.24, 2.45) is 0 Å². The van der Waals surface area contributed by atoms with Crippen LogP contribution in [0.1, 0.15) is 28.2 Å². The zero-order valence-electron chi connectivity index (χ0n) is 10.5. The molecule has 1 aromatic carbocycles. The van der Waals surface area contributed by atoms with E-state index in [1.807, 2.05) is 24.4 Å². The van der Waals surface area contributed by atoms with Crippen LogP contribution >= 0.6 is 22.9 Å². The molecule has 2 rings (SSSR count). The van der Waals surface area contributed by atoms with Gasteiger partial charge in [-0.2, -0.15) is 0 Å². The highest BCUT2D eigenvalue weighted by Crippen LogP contribution is 2.24. The minimum Gasteiger partial charge on any atom is -0.345 e. The summed E-state index contributed by atoms with van der Waals surface area (Å²) < 4.78 is 0. The van der Waals surface area contributed by atoms with E-state index in [2.05, 4.69) is 5.32 Å². The van der Waals surface area contributed by atoms with Crippen molar-refractivity contribution in [2.45, 2.75) is 13.0 Å². The second-order valence-corrected chi connectivity index (χ2v) is 5.52. The smallest absolute Gasteiger partial charge is 0.270 e. The lowest BCUT2D eigenvalue weighted by Crippen LogP contribution is -2.26. The van der Waals surface area contributed by atoms with Crippen molar-refractivity contribution < 1.29 is 9.72 Å². The number of halogens is 1. The number of hydrogen-bond acceptors (Lipinski definition) is 4. The molecular weight excluding hydrogens is 300 g/mol. The highest BCUT2D eigenvalue weighted by Gasteiger charge is 2.17. The summed E-state index contributed by atoms with van der Waals surface area (Å²) in [5.74, 6) is -0.356. The Hall–Kier alpha value is -1.92. The molecule has 0 aliphatic carbocycles. The fourth-order valence-electron chi connectivity index (χ4n) is 1.68. The largest absolute Gasteiger partial charge is 0.345 e. The number of nitro groups is 1. The maximum Gasteiger partial charge on any atom is 0.270 e. The Labute approximate surface area is 124 Å². The Morgan fingerprint density at radius 3 is 2.75 bits per heavy atom. The van der Waals surface area contributed by atoms with Gasteiger partial charge in [0.15, 0.2) is 0 Å². The summed E-state index contributed by atoms with van der Waals surface area (Å²) in [6, 6.07) is 7.47. The number of nitrogens with one attached hydrogen (secondary N) is 1. The average Bonchev–Trinajstić information content (AvgIpc) is 2.92. The molecule has 1 aromatic heterocycles. The van der Waals surface area contributed by atoms with Crippen LogP contribution in [0.3, 0.4) is 0 Å². The van der Waals surface area contributed by atoms with Gasteiger partial charge in [-0.15, -0.1) is 11.3 Å². The topological polar surface area (TPSA) is 72.2 Å². The summed E-state index contributed by atoms with van der Waals surface area (Å²) in [5.41, 5.74) is 0.0820. The van der Waals surface area contributed by atoms with E-state index in [-0.39, 0.29) is 28.2 Å². The van der Waals surface area contributed by atoms with Crippen molar-refractivity contribution in [3.63, 3.8) is 0 Å². The highest BCUT2D eigenvalue weighted by atomic mass is 35.5. The van der Waals surface area contributed by atoms with Crippen LogP contribution in [0, 0.1) is 10.1 Å². The van der Waals surface area contributed by atoms with Gasteiger partial charge in [0.25, 0.3) is 11.6 Å². The van der Waals surface area contributed by atoms with Crippen LogP contribution < -0.4 is 5.32 Å². The molecule has 1 amide bonds. The second-order valence-electron chi connectivity index (χ2n) is 4.13. The predicted molar refractivity (Wildman–Crippen MR) is 78.3 cm³/mol. The van der Waals surface area contributed by atoms with Gasteiger partial charge < -0.3 is 5.32 Å². The molecule has 20 heavy (non-hydrogen) atoms. The van der Waals surface area contributed by atoms with E-state index in [0.717, 1.165) is 4.88 Å². The molecule has 0 radical (unpaired) electrons. The minimum atomic E-state index is -0.554. The number of carbonyl (C=O) groups excluding carboxylic acids is 1. The van der Waals surface area contributed by atoms with Crippen molar-refractivity contribution in [3.05, 3.63) is 61.3 Å². The van der Waals surface area contributed by atoms with Gasteiger partial charge in [0.1, 0.15) is 0 Å². The van der Waals surface area contributed by atoms with E-state index in [1.54, 1.807) is 11.3 Å². The Balaban J connectivity index is 2.15. The lowest BCUT2D eigenvalue weighted by Gasteiger charge is -2.12. The summed E-state index contributed by atoms with van der Waals surface area (Å²) in [6.07, 6.45) is 0. The third kappa shape index (κ3) is 3.15. The maximum absolute atomic E-state index is 12.1. The van der Waals surface area contributed by atoms with Crippen LogP contribution in [0.25, 0.3) is 0 Å². The van der Waals surface area contributed by atoms with E-state index < -0.39 is 4.92 Å². The van der Waals surface area contributed by atoms with Gasteiger partial charge in [-0.25, -0.2) is 0 Å². The number of thiophene rings is 1. The van der Waals surface area contributed by atoms with Crippen LogP contribution in [-0.2, 0) is 0 Å². The van der Waals surface area contributed by atoms with E-state index in [0.29, 0.717) is 0 Å². The molecule has 7 heteroatoms. The molecule has 1 atom stereocenters. The van der Waals surface area contributed by atoms with Crippen molar-refractivity contribution in [1.82, 2.24) is 5.32 Å². The highest BCUT2D eigenvalue weighted by molar-refractivity contribution is 7.10. The Kier molecular flexibility index (Phi) is 4.36. The summed E-state index contributed by atoms with van der Waals surface area (Å²) in [6.45, 7) is 1.86.